The Morgan fingerprint density at radius 1 is 0.939 bits per heavy atom. The first kappa shape index (κ1) is 22.5. The van der Waals surface area contributed by atoms with Crippen LogP contribution in [0.4, 0.5) is 28.9 Å². The number of halogens is 5. The molecule has 0 saturated carbocycles. The van der Waals surface area contributed by atoms with Crippen LogP contribution in [0, 0.1) is 0 Å². The van der Waals surface area contributed by atoms with Gasteiger partial charge in [-0.1, -0.05) is 49.0 Å². The molecular weight excluding hydrogens is 454 g/mol. The molecule has 3 nitrogen and oxygen atoms in total. The van der Waals surface area contributed by atoms with E-state index in [9.17, 15) is 17.6 Å². The highest BCUT2D eigenvalue weighted by Crippen LogP contribution is 2.36. The Kier molecular flexibility index (Phi) is 5.91. The molecular formula is C25H16ClF4N3. The SMILES string of the molecule is C=C(Cl)/C=C(\C(=C)F)c1cc(Nc2ccnc3cc(C(F)(F)F)ccc23)c2ccccc2n1. The van der Waals surface area contributed by atoms with E-state index in [1.165, 1.54) is 18.3 Å². The van der Waals surface area contributed by atoms with Crippen molar-refractivity contribution >= 4 is 50.4 Å². The van der Waals surface area contributed by atoms with Crippen molar-refractivity contribution in [3.63, 3.8) is 0 Å². The number of rotatable bonds is 5. The summed E-state index contributed by atoms with van der Waals surface area (Å²) in [5.74, 6) is -0.737. The minimum atomic E-state index is -4.47. The molecule has 2 aromatic heterocycles. The number of pyridine rings is 2. The number of alkyl halides is 3. The van der Waals surface area contributed by atoms with Crippen LogP contribution in [0.1, 0.15) is 11.3 Å². The van der Waals surface area contributed by atoms with E-state index in [2.05, 4.69) is 28.4 Å². The second-order valence-electron chi connectivity index (χ2n) is 7.20. The van der Waals surface area contributed by atoms with Crippen molar-refractivity contribution in [1.29, 1.82) is 0 Å². The van der Waals surface area contributed by atoms with Crippen LogP contribution in [0.2, 0.25) is 0 Å². The second kappa shape index (κ2) is 8.67. The zero-order chi connectivity index (χ0) is 23.8. The number of para-hydroxylation sites is 1. The number of benzene rings is 2. The van der Waals surface area contributed by atoms with Crippen LogP contribution in [-0.4, -0.2) is 9.97 Å². The largest absolute Gasteiger partial charge is 0.416 e. The molecule has 166 valence electrons. The van der Waals surface area contributed by atoms with E-state index in [0.717, 1.165) is 17.5 Å². The predicted molar refractivity (Wildman–Crippen MR) is 125 cm³/mol. The van der Waals surface area contributed by atoms with Crippen molar-refractivity contribution in [2.75, 3.05) is 5.32 Å². The average molecular weight is 470 g/mol. The zero-order valence-corrected chi connectivity index (χ0v) is 17.8. The van der Waals surface area contributed by atoms with Gasteiger partial charge in [-0.2, -0.15) is 13.2 Å². The highest BCUT2D eigenvalue weighted by atomic mass is 35.5. The molecule has 2 aromatic carbocycles. The number of fused-ring (bicyclic) bond motifs is 2. The molecule has 8 heteroatoms. The van der Waals surface area contributed by atoms with Gasteiger partial charge in [-0.25, -0.2) is 9.37 Å². The first-order valence-electron chi connectivity index (χ1n) is 9.67. The molecule has 0 bridgehead atoms. The number of nitrogens with one attached hydrogen (secondary N) is 1. The molecule has 0 aliphatic carbocycles. The number of hydrogen-bond donors (Lipinski definition) is 1. The van der Waals surface area contributed by atoms with Crippen molar-refractivity contribution in [1.82, 2.24) is 9.97 Å². The summed E-state index contributed by atoms with van der Waals surface area (Å²) in [5.41, 5.74) is 1.40. The van der Waals surface area contributed by atoms with Crippen LogP contribution in [-0.2, 0) is 6.18 Å². The van der Waals surface area contributed by atoms with Crippen molar-refractivity contribution in [3.05, 3.63) is 102 Å². The molecule has 0 radical (unpaired) electrons. The van der Waals surface area contributed by atoms with E-state index in [-0.39, 0.29) is 21.8 Å². The maximum atomic E-state index is 14.2. The van der Waals surface area contributed by atoms with Crippen LogP contribution < -0.4 is 5.32 Å². The summed E-state index contributed by atoms with van der Waals surface area (Å²) < 4.78 is 53.5. The minimum Gasteiger partial charge on any atom is -0.354 e. The third-order valence-electron chi connectivity index (χ3n) is 4.92. The van der Waals surface area contributed by atoms with Crippen molar-refractivity contribution in [3.8, 4) is 0 Å². The van der Waals surface area contributed by atoms with Gasteiger partial charge in [0.25, 0.3) is 0 Å². The van der Waals surface area contributed by atoms with Crippen LogP contribution in [0.15, 0.2) is 90.9 Å². The number of anilines is 2. The molecule has 0 amide bonds. The zero-order valence-electron chi connectivity index (χ0n) is 17.0. The first-order chi connectivity index (χ1) is 15.6. The second-order valence-corrected chi connectivity index (χ2v) is 7.68. The van der Waals surface area contributed by atoms with Gasteiger partial charge >= 0.3 is 6.18 Å². The normalized spacial score (nSPS) is 12.2. The maximum Gasteiger partial charge on any atom is 0.416 e. The predicted octanol–water partition coefficient (Wildman–Crippen LogP) is 8.16. The Hall–Kier alpha value is -3.71. The number of aromatic nitrogens is 2. The topological polar surface area (TPSA) is 37.8 Å². The van der Waals surface area contributed by atoms with Gasteiger partial charge in [0.05, 0.1) is 28.0 Å². The van der Waals surface area contributed by atoms with Gasteiger partial charge in [0.2, 0.25) is 0 Å². The van der Waals surface area contributed by atoms with E-state index >= 15 is 0 Å². The van der Waals surface area contributed by atoms with Crippen molar-refractivity contribution in [2.24, 2.45) is 0 Å². The standard InChI is InChI=1S/C25H16ClF4N3/c1-14(26)11-19(15(2)27)24-13-23(17-5-3-4-6-20(17)32-24)33-21-9-10-31-22-12-16(25(28,29)30)7-8-18(21)22/h3-13H,1-2H2,(H,31,32,33)/b19-11+. The molecule has 0 aliphatic rings. The lowest BCUT2D eigenvalue weighted by Crippen LogP contribution is -2.05. The first-order valence-corrected chi connectivity index (χ1v) is 10.1. The quantitative estimate of drug-likeness (QED) is 0.236. The summed E-state index contributed by atoms with van der Waals surface area (Å²) in [4.78, 5) is 8.58. The molecule has 0 atom stereocenters. The van der Waals surface area contributed by atoms with E-state index < -0.39 is 17.6 Å². The molecule has 1 N–H and O–H groups in total. The van der Waals surface area contributed by atoms with Crippen molar-refractivity contribution in [2.45, 2.75) is 6.18 Å². The summed E-state index contributed by atoms with van der Waals surface area (Å²) in [6.45, 7) is 6.92. The molecule has 0 unspecified atom stereocenters. The van der Waals surface area contributed by atoms with Gasteiger partial charge in [-0.15, -0.1) is 0 Å². The Bertz CT molecular complexity index is 1440. The monoisotopic (exact) mass is 469 g/mol. The van der Waals surface area contributed by atoms with Crippen LogP contribution >= 0.6 is 11.6 Å². The summed E-state index contributed by atoms with van der Waals surface area (Å²) in [6.07, 6.45) is -1.73. The third-order valence-corrected chi connectivity index (χ3v) is 5.03. The van der Waals surface area contributed by atoms with E-state index in [0.29, 0.717) is 22.3 Å². The van der Waals surface area contributed by atoms with E-state index in [4.69, 9.17) is 11.6 Å². The van der Waals surface area contributed by atoms with Crippen LogP contribution in [0.5, 0.6) is 0 Å². The van der Waals surface area contributed by atoms with E-state index in [1.807, 2.05) is 12.1 Å². The molecule has 2 heterocycles. The number of hydrogen-bond acceptors (Lipinski definition) is 3. The van der Waals surface area contributed by atoms with Crippen LogP contribution in [0.3, 0.4) is 0 Å². The van der Waals surface area contributed by atoms with Gasteiger partial charge in [0.15, 0.2) is 0 Å². The summed E-state index contributed by atoms with van der Waals surface area (Å²) in [6, 6.07) is 13.8. The lowest BCUT2D eigenvalue weighted by Gasteiger charge is -2.15. The molecule has 4 aromatic rings. The molecule has 0 spiro atoms. The number of allylic oxidation sites excluding steroid dienone is 4. The molecule has 0 saturated heterocycles. The average Bonchev–Trinajstić information content (AvgIpc) is 2.76. The summed E-state index contributed by atoms with van der Waals surface area (Å²) in [7, 11) is 0. The highest BCUT2D eigenvalue weighted by Gasteiger charge is 2.30. The lowest BCUT2D eigenvalue weighted by atomic mass is 10.1. The fraction of sp³-hybridized carbons (Fsp3) is 0.0400. The van der Waals surface area contributed by atoms with E-state index in [1.54, 1.807) is 24.3 Å². The Labute approximate surface area is 191 Å². The Balaban J connectivity index is 1.88. The van der Waals surface area contributed by atoms with Crippen LogP contribution in [0.25, 0.3) is 27.4 Å². The van der Waals surface area contributed by atoms with Gasteiger partial charge in [0.1, 0.15) is 5.83 Å². The third kappa shape index (κ3) is 4.73. The number of nitrogens with zero attached hydrogens (tertiary/aromatic N) is 2. The van der Waals surface area contributed by atoms with Gasteiger partial charge in [0, 0.05) is 33.3 Å². The highest BCUT2D eigenvalue weighted by molar-refractivity contribution is 6.31. The maximum absolute atomic E-state index is 14.2. The Morgan fingerprint density at radius 2 is 1.67 bits per heavy atom. The summed E-state index contributed by atoms with van der Waals surface area (Å²) >= 11 is 5.86. The summed E-state index contributed by atoms with van der Waals surface area (Å²) in [5, 5.41) is 4.57. The molecule has 0 aliphatic heterocycles. The molecule has 0 fully saturated rings. The molecule has 33 heavy (non-hydrogen) atoms. The lowest BCUT2D eigenvalue weighted by molar-refractivity contribution is -0.137. The molecule has 4 rings (SSSR count). The Morgan fingerprint density at radius 3 is 2.36 bits per heavy atom. The van der Waals surface area contributed by atoms with Gasteiger partial charge in [-0.05, 0) is 36.4 Å². The fourth-order valence-corrected chi connectivity index (χ4v) is 3.55. The smallest absolute Gasteiger partial charge is 0.354 e. The fourth-order valence-electron chi connectivity index (χ4n) is 3.44. The van der Waals surface area contributed by atoms with Gasteiger partial charge < -0.3 is 5.32 Å². The minimum absolute atomic E-state index is 0.0678. The van der Waals surface area contributed by atoms with Gasteiger partial charge in [-0.3, -0.25) is 4.98 Å². The van der Waals surface area contributed by atoms with Crippen molar-refractivity contribution < 1.29 is 17.6 Å².